The first-order valence-corrected chi connectivity index (χ1v) is 10.6. The third kappa shape index (κ3) is 4.13. The van der Waals surface area contributed by atoms with Crippen molar-refractivity contribution < 1.29 is 0 Å². The second-order valence-corrected chi connectivity index (χ2v) is 8.49. The number of nitriles is 1. The molecule has 33 heavy (non-hydrogen) atoms. The zero-order valence-corrected chi connectivity index (χ0v) is 18.8. The molecule has 0 saturated heterocycles. The van der Waals surface area contributed by atoms with Crippen molar-refractivity contribution in [2.24, 2.45) is 0 Å². The van der Waals surface area contributed by atoms with Crippen molar-refractivity contribution in [3.8, 4) is 11.8 Å². The lowest BCUT2D eigenvalue weighted by Crippen LogP contribution is -2.33. The van der Waals surface area contributed by atoms with Crippen molar-refractivity contribution in [1.82, 2.24) is 19.7 Å². The van der Waals surface area contributed by atoms with Gasteiger partial charge in [-0.25, -0.2) is 4.79 Å². The number of benzene rings is 2. The van der Waals surface area contributed by atoms with E-state index in [-0.39, 0.29) is 17.2 Å². The number of rotatable bonds is 4. The van der Waals surface area contributed by atoms with Gasteiger partial charge in [0, 0.05) is 17.0 Å². The summed E-state index contributed by atoms with van der Waals surface area (Å²) in [6.07, 6.45) is 0.669. The van der Waals surface area contributed by atoms with Gasteiger partial charge < -0.3 is 4.98 Å². The monoisotopic (exact) mass is 441 g/mol. The molecule has 8 nitrogen and oxygen atoms in total. The Balaban J connectivity index is 1.77. The summed E-state index contributed by atoms with van der Waals surface area (Å²) in [6.45, 7) is 8.04. The standard InChI is InChI=1S/C25H23N5O3/c1-13(2)18-11-23(31)27-21-6-5-16(10-20(18)21)9-19-14(3)7-17(8-15(19)4)30-25(33)28-24(32)22(12-26)29-30/h5-8,10-11,13H,9H2,1-4H3,(H,27,31)(H,28,32,33). The van der Waals surface area contributed by atoms with E-state index in [0.717, 1.165) is 43.4 Å². The minimum Gasteiger partial charge on any atom is -0.322 e. The van der Waals surface area contributed by atoms with Crippen LogP contribution in [0.15, 0.2) is 50.8 Å². The van der Waals surface area contributed by atoms with Crippen LogP contribution in [0.5, 0.6) is 0 Å². The molecule has 0 aliphatic heterocycles. The summed E-state index contributed by atoms with van der Waals surface area (Å²) >= 11 is 0. The number of H-pyrrole nitrogens is 2. The quantitative estimate of drug-likeness (QED) is 0.504. The van der Waals surface area contributed by atoms with E-state index >= 15 is 0 Å². The molecular weight excluding hydrogens is 418 g/mol. The van der Waals surface area contributed by atoms with Gasteiger partial charge in [0.25, 0.3) is 5.56 Å². The highest BCUT2D eigenvalue weighted by molar-refractivity contribution is 5.83. The number of pyridine rings is 1. The van der Waals surface area contributed by atoms with E-state index < -0.39 is 11.2 Å². The molecule has 0 bridgehead atoms. The SMILES string of the molecule is Cc1cc(-n2nc(C#N)c(=O)[nH]c2=O)cc(C)c1Cc1ccc2[nH]c(=O)cc(C(C)C)c2c1. The highest BCUT2D eigenvalue weighted by atomic mass is 16.2. The number of aryl methyl sites for hydroxylation is 2. The minimum absolute atomic E-state index is 0.105. The van der Waals surface area contributed by atoms with E-state index in [1.807, 2.05) is 38.1 Å². The molecule has 4 rings (SSSR count). The minimum atomic E-state index is -0.803. The largest absolute Gasteiger partial charge is 0.349 e. The fourth-order valence-electron chi connectivity index (χ4n) is 4.14. The van der Waals surface area contributed by atoms with E-state index in [4.69, 9.17) is 5.26 Å². The van der Waals surface area contributed by atoms with Crippen molar-refractivity contribution in [1.29, 1.82) is 5.26 Å². The Morgan fingerprint density at radius 3 is 2.36 bits per heavy atom. The van der Waals surface area contributed by atoms with E-state index in [2.05, 4.69) is 35.0 Å². The second kappa shape index (κ2) is 8.36. The Bertz CT molecular complexity index is 1590. The fourth-order valence-corrected chi connectivity index (χ4v) is 4.14. The van der Waals surface area contributed by atoms with Gasteiger partial charge in [0.05, 0.1) is 5.69 Å². The number of nitrogens with one attached hydrogen (secondary N) is 2. The molecule has 0 unspecified atom stereocenters. The van der Waals surface area contributed by atoms with Gasteiger partial charge in [-0.1, -0.05) is 19.9 Å². The number of fused-ring (bicyclic) bond motifs is 1. The first-order valence-electron chi connectivity index (χ1n) is 10.6. The Morgan fingerprint density at radius 1 is 1.03 bits per heavy atom. The summed E-state index contributed by atoms with van der Waals surface area (Å²) in [5.74, 6) is 0.217. The predicted molar refractivity (Wildman–Crippen MR) is 126 cm³/mol. The summed E-state index contributed by atoms with van der Waals surface area (Å²) in [4.78, 5) is 40.9. The van der Waals surface area contributed by atoms with Crippen LogP contribution < -0.4 is 16.8 Å². The van der Waals surface area contributed by atoms with Crippen molar-refractivity contribution in [3.05, 3.63) is 101 Å². The maximum Gasteiger partial charge on any atom is 0.349 e. The molecule has 0 spiro atoms. The zero-order valence-electron chi connectivity index (χ0n) is 18.8. The average Bonchev–Trinajstić information content (AvgIpc) is 2.75. The molecule has 0 aliphatic carbocycles. The lowest BCUT2D eigenvalue weighted by molar-refractivity contribution is 0.738. The van der Waals surface area contributed by atoms with Gasteiger partial charge in [0.2, 0.25) is 11.3 Å². The summed E-state index contributed by atoms with van der Waals surface area (Å²) in [7, 11) is 0. The molecule has 0 saturated carbocycles. The van der Waals surface area contributed by atoms with Crippen LogP contribution in [0.3, 0.4) is 0 Å². The second-order valence-electron chi connectivity index (χ2n) is 8.49. The summed E-state index contributed by atoms with van der Waals surface area (Å²) in [6, 6.07) is 13.0. The molecule has 0 fully saturated rings. The van der Waals surface area contributed by atoms with Crippen LogP contribution in [0.4, 0.5) is 0 Å². The maximum atomic E-state index is 12.3. The van der Waals surface area contributed by atoms with Crippen LogP contribution in [-0.4, -0.2) is 19.7 Å². The molecule has 0 atom stereocenters. The molecule has 166 valence electrons. The molecule has 2 aromatic heterocycles. The van der Waals surface area contributed by atoms with Crippen molar-refractivity contribution >= 4 is 10.9 Å². The number of aromatic nitrogens is 4. The molecule has 2 aromatic carbocycles. The lowest BCUT2D eigenvalue weighted by Gasteiger charge is -2.15. The fraction of sp³-hybridized carbons (Fsp3) is 0.240. The highest BCUT2D eigenvalue weighted by Gasteiger charge is 2.13. The number of aromatic amines is 2. The van der Waals surface area contributed by atoms with Crippen LogP contribution >= 0.6 is 0 Å². The van der Waals surface area contributed by atoms with Gasteiger partial charge >= 0.3 is 5.69 Å². The van der Waals surface area contributed by atoms with Gasteiger partial charge in [-0.2, -0.15) is 9.94 Å². The van der Waals surface area contributed by atoms with Crippen molar-refractivity contribution in [2.45, 2.75) is 40.0 Å². The van der Waals surface area contributed by atoms with Gasteiger partial charge in [-0.05, 0) is 78.3 Å². The van der Waals surface area contributed by atoms with Crippen molar-refractivity contribution in [3.63, 3.8) is 0 Å². The third-order valence-electron chi connectivity index (χ3n) is 5.80. The molecule has 8 heteroatoms. The normalized spacial score (nSPS) is 11.2. The van der Waals surface area contributed by atoms with E-state index in [1.165, 1.54) is 0 Å². The first kappa shape index (κ1) is 22.0. The van der Waals surface area contributed by atoms with E-state index in [1.54, 1.807) is 12.1 Å². The van der Waals surface area contributed by atoms with Gasteiger partial charge in [-0.3, -0.25) is 14.6 Å². The molecule has 2 N–H and O–H groups in total. The van der Waals surface area contributed by atoms with Crippen LogP contribution in [-0.2, 0) is 6.42 Å². The number of nitrogens with zero attached hydrogens (tertiary/aromatic N) is 3. The molecule has 2 heterocycles. The van der Waals surface area contributed by atoms with Crippen molar-refractivity contribution in [2.75, 3.05) is 0 Å². The van der Waals surface area contributed by atoms with Gasteiger partial charge in [-0.15, -0.1) is 5.10 Å². The van der Waals surface area contributed by atoms with Gasteiger partial charge in [0.1, 0.15) is 6.07 Å². The summed E-state index contributed by atoms with van der Waals surface area (Å²) in [5.41, 5.74) is 4.43. The zero-order chi connectivity index (χ0) is 23.9. The van der Waals surface area contributed by atoms with E-state index in [0.29, 0.717) is 12.1 Å². The van der Waals surface area contributed by atoms with E-state index in [9.17, 15) is 14.4 Å². The molecule has 0 amide bonds. The highest BCUT2D eigenvalue weighted by Crippen LogP contribution is 2.26. The molecular formula is C25H23N5O3. The van der Waals surface area contributed by atoms with Crippen LogP contribution in [0.25, 0.3) is 16.6 Å². The molecule has 0 aliphatic rings. The van der Waals surface area contributed by atoms with Crippen LogP contribution in [0.2, 0.25) is 0 Å². The van der Waals surface area contributed by atoms with Crippen LogP contribution in [0, 0.1) is 25.2 Å². The summed E-state index contributed by atoms with van der Waals surface area (Å²) in [5, 5.41) is 14.0. The Kier molecular flexibility index (Phi) is 5.56. The average molecular weight is 441 g/mol. The summed E-state index contributed by atoms with van der Waals surface area (Å²) < 4.78 is 1.03. The topological polar surface area (TPSA) is 124 Å². The smallest absolute Gasteiger partial charge is 0.322 e. The molecule has 0 radical (unpaired) electrons. The number of hydrogen-bond acceptors (Lipinski definition) is 5. The Labute approximate surface area is 189 Å². The predicted octanol–water partition coefficient (Wildman–Crippen LogP) is 2.97. The molecule has 4 aromatic rings. The Morgan fingerprint density at radius 2 is 1.73 bits per heavy atom. The Hall–Kier alpha value is -4.25. The maximum absolute atomic E-state index is 12.3. The lowest BCUT2D eigenvalue weighted by atomic mass is 9.93. The first-order chi connectivity index (χ1) is 15.7. The number of hydrogen-bond donors (Lipinski definition) is 2. The van der Waals surface area contributed by atoms with Crippen LogP contribution in [0.1, 0.15) is 53.3 Å². The third-order valence-corrected chi connectivity index (χ3v) is 5.80. The van der Waals surface area contributed by atoms with Gasteiger partial charge in [0.15, 0.2) is 0 Å².